The summed E-state index contributed by atoms with van der Waals surface area (Å²) in [5.41, 5.74) is 0. The van der Waals surface area contributed by atoms with E-state index in [9.17, 15) is 4.79 Å². The molecule has 5 nitrogen and oxygen atoms in total. The summed E-state index contributed by atoms with van der Waals surface area (Å²) in [4.78, 5) is 21.7. The predicted molar refractivity (Wildman–Crippen MR) is 50.9 cm³/mol. The molecule has 1 saturated heterocycles. The first-order valence-corrected chi connectivity index (χ1v) is 4.64. The van der Waals surface area contributed by atoms with E-state index in [1.54, 1.807) is 4.90 Å². The summed E-state index contributed by atoms with van der Waals surface area (Å²) < 4.78 is 8.67. The van der Waals surface area contributed by atoms with Crippen LogP contribution in [-0.4, -0.2) is 44.3 Å². The fourth-order valence-electron chi connectivity index (χ4n) is 1.11. The van der Waals surface area contributed by atoms with Crippen LogP contribution >= 0.6 is 0 Å². The van der Waals surface area contributed by atoms with Crippen molar-refractivity contribution in [2.75, 3.05) is 26.8 Å². The number of ether oxygens (including phenoxy) is 2. The highest BCUT2D eigenvalue weighted by Gasteiger charge is 2.17. The fraction of sp³-hybridized carbons (Fsp3) is 0.778. The molecule has 1 aliphatic heterocycles. The van der Waals surface area contributed by atoms with E-state index in [4.69, 9.17) is 9.53 Å². The molecule has 1 amide bonds. The standard InChI is InChI=1S/C7H13NO2.C2H4O2/c1-2-10-7(9)8-5-3-4-6-8;1-4-2-3/h2-6H2,1H3;2H,1H3. The highest BCUT2D eigenvalue weighted by molar-refractivity contribution is 5.67. The topological polar surface area (TPSA) is 55.8 Å². The molecule has 1 rings (SSSR count). The molecule has 0 aromatic rings. The average Bonchev–Trinajstić information content (AvgIpc) is 2.71. The predicted octanol–water partition coefficient (Wildman–Crippen LogP) is 1.03. The van der Waals surface area contributed by atoms with Crippen molar-refractivity contribution in [1.82, 2.24) is 4.90 Å². The Bertz CT molecular complexity index is 166. The maximum Gasteiger partial charge on any atom is 0.409 e. The van der Waals surface area contributed by atoms with Gasteiger partial charge in [-0.05, 0) is 19.8 Å². The van der Waals surface area contributed by atoms with Gasteiger partial charge >= 0.3 is 6.09 Å². The number of amides is 1. The van der Waals surface area contributed by atoms with Crippen molar-refractivity contribution in [2.24, 2.45) is 0 Å². The molecule has 0 spiro atoms. The minimum Gasteiger partial charge on any atom is -0.471 e. The van der Waals surface area contributed by atoms with Gasteiger partial charge in [-0.1, -0.05) is 0 Å². The number of hydrogen-bond donors (Lipinski definition) is 0. The second kappa shape index (κ2) is 8.34. The van der Waals surface area contributed by atoms with Crippen LogP contribution in [0.25, 0.3) is 0 Å². The summed E-state index contributed by atoms with van der Waals surface area (Å²) >= 11 is 0. The molecular formula is C9H17NO4. The zero-order chi connectivity index (χ0) is 10.8. The number of hydrogen-bond acceptors (Lipinski definition) is 4. The van der Waals surface area contributed by atoms with E-state index in [2.05, 4.69) is 4.74 Å². The quantitative estimate of drug-likeness (QED) is 0.629. The number of rotatable bonds is 2. The summed E-state index contributed by atoms with van der Waals surface area (Å²) in [6.45, 7) is 4.43. The zero-order valence-electron chi connectivity index (χ0n) is 8.69. The van der Waals surface area contributed by atoms with Crippen LogP contribution in [0.15, 0.2) is 0 Å². The maximum absolute atomic E-state index is 10.9. The van der Waals surface area contributed by atoms with Crippen molar-refractivity contribution in [3.05, 3.63) is 0 Å². The minimum atomic E-state index is -0.153. The molecule has 1 heterocycles. The van der Waals surface area contributed by atoms with Crippen molar-refractivity contribution >= 4 is 12.6 Å². The number of likely N-dealkylation sites (tertiary alicyclic amines) is 1. The highest BCUT2D eigenvalue weighted by atomic mass is 16.6. The Labute approximate surface area is 84.0 Å². The molecule has 0 radical (unpaired) electrons. The van der Waals surface area contributed by atoms with E-state index in [1.807, 2.05) is 6.92 Å². The third kappa shape index (κ3) is 5.40. The van der Waals surface area contributed by atoms with Gasteiger partial charge in [-0.3, -0.25) is 4.79 Å². The number of carbonyl (C=O) groups is 2. The van der Waals surface area contributed by atoms with Gasteiger partial charge < -0.3 is 14.4 Å². The minimum absolute atomic E-state index is 0.153. The highest BCUT2D eigenvalue weighted by Crippen LogP contribution is 2.08. The van der Waals surface area contributed by atoms with Gasteiger partial charge in [0.1, 0.15) is 0 Å². The molecule has 0 aromatic heterocycles. The van der Waals surface area contributed by atoms with Crippen molar-refractivity contribution in [1.29, 1.82) is 0 Å². The normalized spacial score (nSPS) is 14.0. The van der Waals surface area contributed by atoms with Crippen LogP contribution in [-0.2, 0) is 14.3 Å². The lowest BCUT2D eigenvalue weighted by atomic mass is 10.4. The first-order chi connectivity index (χ1) is 6.76. The SMILES string of the molecule is CCOC(=O)N1CCCC1.COC=O. The molecule has 0 aromatic carbocycles. The zero-order valence-corrected chi connectivity index (χ0v) is 8.69. The van der Waals surface area contributed by atoms with E-state index in [0.29, 0.717) is 13.1 Å². The number of carbonyl (C=O) groups excluding carboxylic acids is 2. The van der Waals surface area contributed by atoms with Gasteiger partial charge in [-0.25, -0.2) is 4.79 Å². The fourth-order valence-corrected chi connectivity index (χ4v) is 1.11. The van der Waals surface area contributed by atoms with Gasteiger partial charge in [0.05, 0.1) is 13.7 Å². The molecule has 0 bridgehead atoms. The Morgan fingerprint density at radius 3 is 2.29 bits per heavy atom. The van der Waals surface area contributed by atoms with Crippen LogP contribution in [0.5, 0.6) is 0 Å². The second-order valence-electron chi connectivity index (χ2n) is 2.73. The Hall–Kier alpha value is -1.26. The monoisotopic (exact) mass is 203 g/mol. The Morgan fingerprint density at radius 2 is 1.93 bits per heavy atom. The summed E-state index contributed by atoms with van der Waals surface area (Å²) in [6, 6.07) is 0. The van der Waals surface area contributed by atoms with Crippen molar-refractivity contribution in [3.63, 3.8) is 0 Å². The van der Waals surface area contributed by atoms with E-state index in [1.165, 1.54) is 7.11 Å². The van der Waals surface area contributed by atoms with Crippen LogP contribution in [0.2, 0.25) is 0 Å². The van der Waals surface area contributed by atoms with Crippen LogP contribution in [0.3, 0.4) is 0 Å². The van der Waals surface area contributed by atoms with E-state index >= 15 is 0 Å². The largest absolute Gasteiger partial charge is 0.471 e. The summed E-state index contributed by atoms with van der Waals surface area (Å²) in [7, 11) is 1.31. The van der Waals surface area contributed by atoms with Gasteiger partial charge in [-0.2, -0.15) is 0 Å². The van der Waals surface area contributed by atoms with E-state index in [-0.39, 0.29) is 6.09 Å². The molecule has 0 unspecified atom stereocenters. The molecule has 82 valence electrons. The lowest BCUT2D eigenvalue weighted by Crippen LogP contribution is -2.28. The lowest BCUT2D eigenvalue weighted by Gasteiger charge is -2.13. The molecule has 0 N–H and O–H groups in total. The van der Waals surface area contributed by atoms with Crippen LogP contribution in [0.1, 0.15) is 19.8 Å². The maximum atomic E-state index is 10.9. The lowest BCUT2D eigenvalue weighted by molar-refractivity contribution is -0.126. The molecule has 5 heteroatoms. The van der Waals surface area contributed by atoms with Crippen molar-refractivity contribution in [3.8, 4) is 0 Å². The smallest absolute Gasteiger partial charge is 0.409 e. The molecular weight excluding hydrogens is 186 g/mol. The van der Waals surface area contributed by atoms with Gasteiger partial charge in [0, 0.05) is 13.1 Å². The van der Waals surface area contributed by atoms with Crippen LogP contribution in [0, 0.1) is 0 Å². The average molecular weight is 203 g/mol. The molecule has 0 saturated carbocycles. The van der Waals surface area contributed by atoms with Crippen molar-refractivity contribution < 1.29 is 19.1 Å². The summed E-state index contributed by atoms with van der Waals surface area (Å²) in [5, 5.41) is 0. The number of methoxy groups -OCH3 is 1. The Balaban J connectivity index is 0.000000364. The van der Waals surface area contributed by atoms with Gasteiger partial charge in [0.15, 0.2) is 0 Å². The molecule has 1 aliphatic rings. The summed E-state index contributed by atoms with van der Waals surface area (Å²) in [6.07, 6.45) is 2.09. The first kappa shape index (κ1) is 12.7. The molecule has 0 aliphatic carbocycles. The third-order valence-electron chi connectivity index (χ3n) is 1.73. The van der Waals surface area contributed by atoms with Crippen molar-refractivity contribution in [2.45, 2.75) is 19.8 Å². The van der Waals surface area contributed by atoms with Crippen LogP contribution < -0.4 is 0 Å². The first-order valence-electron chi connectivity index (χ1n) is 4.64. The van der Waals surface area contributed by atoms with Gasteiger partial charge in [0.25, 0.3) is 6.47 Å². The molecule has 0 atom stereocenters. The third-order valence-corrected chi connectivity index (χ3v) is 1.73. The van der Waals surface area contributed by atoms with Crippen LogP contribution in [0.4, 0.5) is 4.79 Å². The van der Waals surface area contributed by atoms with E-state index in [0.717, 1.165) is 25.9 Å². The second-order valence-corrected chi connectivity index (χ2v) is 2.73. The molecule has 1 fully saturated rings. The Morgan fingerprint density at radius 1 is 1.43 bits per heavy atom. The van der Waals surface area contributed by atoms with E-state index < -0.39 is 0 Å². The Kier molecular flexibility index (Phi) is 7.59. The van der Waals surface area contributed by atoms with Gasteiger partial charge in [0.2, 0.25) is 0 Å². The number of nitrogens with zero attached hydrogens (tertiary/aromatic N) is 1. The molecule has 14 heavy (non-hydrogen) atoms. The summed E-state index contributed by atoms with van der Waals surface area (Å²) in [5.74, 6) is 0. The van der Waals surface area contributed by atoms with Gasteiger partial charge in [-0.15, -0.1) is 0 Å².